The van der Waals surface area contributed by atoms with Gasteiger partial charge >= 0.3 is 13.5 Å². The summed E-state index contributed by atoms with van der Waals surface area (Å²) in [6.07, 6.45) is 0.584. The molecule has 0 aliphatic heterocycles. The molecule has 14 heteroatoms. The van der Waals surface area contributed by atoms with Crippen LogP contribution in [0.4, 0.5) is 0 Å². The molecule has 30 heavy (non-hydrogen) atoms. The summed E-state index contributed by atoms with van der Waals surface area (Å²) in [7, 11) is -4.39. The Hall–Kier alpha value is -1.36. The number of methoxy groups -OCH3 is 1. The summed E-state index contributed by atoms with van der Waals surface area (Å²) >= 11 is 0. The number of nitrogens with zero attached hydrogens (tertiary/aromatic N) is 1. The minimum absolute atomic E-state index is 0.114. The van der Waals surface area contributed by atoms with Crippen LogP contribution in [0.2, 0.25) is 0 Å². The molecule has 1 heterocycles. The normalized spacial score (nSPS) is 16.4. The zero-order valence-electron chi connectivity index (χ0n) is 17.3. The van der Waals surface area contributed by atoms with Crippen molar-refractivity contribution in [3.63, 3.8) is 0 Å². The minimum Gasteiger partial charge on any atom is -0.382 e. The van der Waals surface area contributed by atoms with Crippen LogP contribution in [0.5, 0.6) is 0 Å². The molecule has 0 amide bonds. The summed E-state index contributed by atoms with van der Waals surface area (Å²) in [5, 5.41) is 0. The lowest BCUT2D eigenvalue weighted by molar-refractivity contribution is -0.0978. The van der Waals surface area contributed by atoms with Gasteiger partial charge in [0.05, 0.1) is 26.4 Å². The number of hydrogen-bond acceptors (Lipinski definition) is 9. The molecule has 1 rings (SSSR count). The average Bonchev–Trinajstić information content (AvgIpc) is 2.65. The first kappa shape index (κ1) is 26.7. The Bertz CT molecular complexity index is 891. The Balaban J connectivity index is 3.12. The summed E-state index contributed by atoms with van der Waals surface area (Å²) < 4.78 is 50.1. The van der Waals surface area contributed by atoms with Crippen molar-refractivity contribution in [3.05, 3.63) is 45.0 Å². The predicted octanol–water partition coefficient (Wildman–Crippen LogP) is 0.983. The maximum absolute atomic E-state index is 12.2. The standard InChI is InChI=1S/C16H28N2O10P2/c1-24-8-9-26-12-15(18-7-5-14(19)17-16(18)20)28-13(6-10-29(3,4)21)11-27-30(22,23)25-2/h5-7,10,13,15H,8-9,11-12H2,1-4H3,(H,22,23)(H,17,19,20)/b10-6+/t13-,15-/m1/s1. The first-order chi connectivity index (χ1) is 14.0. The average molecular weight is 470 g/mol. The van der Waals surface area contributed by atoms with E-state index in [0.717, 1.165) is 17.7 Å². The fourth-order valence-corrected chi connectivity index (χ4v) is 3.08. The second kappa shape index (κ2) is 12.5. The highest BCUT2D eigenvalue weighted by atomic mass is 31.2. The highest BCUT2D eigenvalue weighted by molar-refractivity contribution is 7.65. The van der Waals surface area contributed by atoms with Crippen LogP contribution in [-0.2, 0) is 32.4 Å². The fourth-order valence-electron chi connectivity index (χ4n) is 2.03. The molecule has 12 nitrogen and oxygen atoms in total. The van der Waals surface area contributed by atoms with Crippen molar-refractivity contribution < 1.29 is 37.3 Å². The molecule has 0 spiro atoms. The number of phosphoric acid groups is 1. The van der Waals surface area contributed by atoms with Crippen LogP contribution in [-0.4, -0.2) is 74.5 Å². The Morgan fingerprint density at radius 2 is 1.90 bits per heavy atom. The van der Waals surface area contributed by atoms with Crippen LogP contribution in [0.25, 0.3) is 0 Å². The molecule has 0 radical (unpaired) electrons. The van der Waals surface area contributed by atoms with Gasteiger partial charge in [0.25, 0.3) is 5.56 Å². The van der Waals surface area contributed by atoms with Crippen molar-refractivity contribution in [3.8, 4) is 0 Å². The highest BCUT2D eigenvalue weighted by Gasteiger charge is 2.24. The molecule has 1 unspecified atom stereocenters. The van der Waals surface area contributed by atoms with Gasteiger partial charge in [0.15, 0.2) is 6.23 Å². The lowest BCUT2D eigenvalue weighted by atomic mass is 10.3. The van der Waals surface area contributed by atoms with Gasteiger partial charge in [-0.15, -0.1) is 0 Å². The summed E-state index contributed by atoms with van der Waals surface area (Å²) in [6, 6.07) is 1.13. The number of rotatable bonds is 14. The number of aromatic nitrogens is 2. The van der Waals surface area contributed by atoms with E-state index in [-0.39, 0.29) is 13.2 Å². The Morgan fingerprint density at radius 1 is 1.20 bits per heavy atom. The number of ether oxygens (including phenoxy) is 3. The molecule has 3 atom stereocenters. The maximum atomic E-state index is 12.2. The minimum atomic E-state index is -4.30. The molecule has 0 aliphatic carbocycles. The van der Waals surface area contributed by atoms with E-state index in [1.165, 1.54) is 38.5 Å². The van der Waals surface area contributed by atoms with Gasteiger partial charge in [0.2, 0.25) is 0 Å². The Morgan fingerprint density at radius 3 is 2.47 bits per heavy atom. The number of H-pyrrole nitrogens is 1. The van der Waals surface area contributed by atoms with Crippen LogP contribution in [0.1, 0.15) is 6.23 Å². The van der Waals surface area contributed by atoms with Crippen molar-refractivity contribution in [2.75, 3.05) is 54.0 Å². The molecular formula is C16H28N2O10P2. The van der Waals surface area contributed by atoms with Crippen molar-refractivity contribution in [1.29, 1.82) is 0 Å². The van der Waals surface area contributed by atoms with E-state index in [4.69, 9.17) is 18.7 Å². The fraction of sp³-hybridized carbons (Fsp3) is 0.625. The largest absolute Gasteiger partial charge is 0.472 e. The lowest BCUT2D eigenvalue weighted by Gasteiger charge is -2.25. The van der Waals surface area contributed by atoms with Crippen molar-refractivity contribution >= 4 is 15.0 Å². The topological polar surface area (TPSA) is 155 Å². The van der Waals surface area contributed by atoms with E-state index in [1.807, 2.05) is 0 Å². The molecule has 1 aromatic heterocycles. The third-order valence-electron chi connectivity index (χ3n) is 3.48. The number of hydrogen-bond donors (Lipinski definition) is 2. The zero-order valence-corrected chi connectivity index (χ0v) is 19.0. The van der Waals surface area contributed by atoms with E-state index in [1.54, 1.807) is 0 Å². The van der Waals surface area contributed by atoms with E-state index >= 15 is 0 Å². The van der Waals surface area contributed by atoms with Gasteiger partial charge in [-0.1, -0.05) is 6.08 Å². The first-order valence-corrected chi connectivity index (χ1v) is 12.9. The first-order valence-electron chi connectivity index (χ1n) is 8.78. The monoisotopic (exact) mass is 470 g/mol. The molecule has 0 aromatic carbocycles. The molecule has 0 fully saturated rings. The van der Waals surface area contributed by atoms with E-state index in [9.17, 15) is 23.6 Å². The third-order valence-corrected chi connectivity index (χ3v) is 5.30. The van der Waals surface area contributed by atoms with Crippen molar-refractivity contribution in [2.45, 2.75) is 12.3 Å². The Kier molecular flexibility index (Phi) is 11.1. The molecule has 0 bridgehead atoms. The number of nitrogens with one attached hydrogen (secondary N) is 1. The second-order valence-corrected chi connectivity index (χ2v) is 11.2. The van der Waals surface area contributed by atoms with Gasteiger partial charge in [0.1, 0.15) is 13.2 Å². The summed E-state index contributed by atoms with van der Waals surface area (Å²) in [5.74, 6) is 1.40. The molecule has 0 aliphatic rings. The van der Waals surface area contributed by atoms with Gasteiger partial charge in [-0.25, -0.2) is 9.36 Å². The van der Waals surface area contributed by atoms with Gasteiger partial charge < -0.3 is 23.7 Å². The summed E-state index contributed by atoms with van der Waals surface area (Å²) in [4.78, 5) is 35.1. The molecule has 2 N–H and O–H groups in total. The summed E-state index contributed by atoms with van der Waals surface area (Å²) in [6.45, 7) is 2.99. The Labute approximate surface area is 173 Å². The zero-order chi connectivity index (χ0) is 22.8. The van der Waals surface area contributed by atoms with Gasteiger partial charge in [-0.3, -0.25) is 23.4 Å². The quantitative estimate of drug-likeness (QED) is 0.297. The molecular weight excluding hydrogens is 442 g/mol. The van der Waals surface area contributed by atoms with Crippen LogP contribution in [0.3, 0.4) is 0 Å². The van der Waals surface area contributed by atoms with Crippen molar-refractivity contribution in [2.24, 2.45) is 0 Å². The molecule has 0 saturated carbocycles. The van der Waals surface area contributed by atoms with E-state index in [2.05, 4.69) is 9.51 Å². The SMILES string of the molecule is COCCOC[C@@H](O[C@H](/C=C/P(C)(C)=O)COP(=O)(O)OC)n1ccc(=O)[nH]c1=O. The maximum Gasteiger partial charge on any atom is 0.472 e. The predicted molar refractivity (Wildman–Crippen MR) is 109 cm³/mol. The number of phosphoric ester groups is 1. The third kappa shape index (κ3) is 10.6. The van der Waals surface area contributed by atoms with Gasteiger partial charge in [-0.2, -0.15) is 0 Å². The lowest BCUT2D eigenvalue weighted by Crippen LogP contribution is -2.36. The van der Waals surface area contributed by atoms with Crippen LogP contribution in [0, 0.1) is 0 Å². The smallest absolute Gasteiger partial charge is 0.382 e. The van der Waals surface area contributed by atoms with Crippen LogP contribution >= 0.6 is 15.0 Å². The van der Waals surface area contributed by atoms with Gasteiger partial charge in [-0.05, 0) is 19.1 Å². The second-order valence-electron chi connectivity index (χ2n) is 6.44. The molecule has 0 saturated heterocycles. The van der Waals surface area contributed by atoms with Crippen LogP contribution < -0.4 is 11.2 Å². The summed E-state index contributed by atoms with van der Waals surface area (Å²) in [5.41, 5.74) is -1.33. The highest BCUT2D eigenvalue weighted by Crippen LogP contribution is 2.42. The molecule has 1 aromatic rings. The molecule has 172 valence electrons. The number of aromatic amines is 1. The van der Waals surface area contributed by atoms with E-state index in [0.29, 0.717) is 6.61 Å². The van der Waals surface area contributed by atoms with Crippen LogP contribution in [0.15, 0.2) is 33.7 Å². The van der Waals surface area contributed by atoms with Crippen molar-refractivity contribution in [1.82, 2.24) is 9.55 Å². The van der Waals surface area contributed by atoms with Gasteiger partial charge in [0, 0.05) is 26.5 Å². The van der Waals surface area contributed by atoms with E-state index < -0.39 is 45.2 Å².